The van der Waals surface area contributed by atoms with Gasteiger partial charge in [-0.15, -0.1) is 0 Å². The molecule has 0 aliphatic carbocycles. The van der Waals surface area contributed by atoms with E-state index in [0.717, 1.165) is 21.6 Å². The first-order valence-corrected chi connectivity index (χ1v) is 11.3. The predicted octanol–water partition coefficient (Wildman–Crippen LogP) is 5.64. The lowest BCUT2D eigenvalue weighted by Crippen LogP contribution is -2.31. The van der Waals surface area contributed by atoms with Gasteiger partial charge in [-0.25, -0.2) is 0 Å². The van der Waals surface area contributed by atoms with Gasteiger partial charge in [0.1, 0.15) is 10.7 Å². The molecule has 0 saturated heterocycles. The van der Waals surface area contributed by atoms with E-state index >= 15 is 0 Å². The molecule has 3 amide bonds. The monoisotopic (exact) mass is 493 g/mol. The van der Waals surface area contributed by atoms with E-state index in [1.54, 1.807) is 30.3 Å². The number of anilines is 2. The second kappa shape index (κ2) is 9.71. The van der Waals surface area contributed by atoms with Crippen LogP contribution in [0, 0.1) is 13.8 Å². The number of nitrogens with zero attached hydrogens (tertiary/aromatic N) is 1. The van der Waals surface area contributed by atoms with E-state index in [1.165, 1.54) is 0 Å². The van der Waals surface area contributed by atoms with Crippen molar-refractivity contribution in [1.82, 2.24) is 4.90 Å². The molecule has 0 radical (unpaired) electrons. The van der Waals surface area contributed by atoms with E-state index < -0.39 is 11.8 Å². The van der Waals surface area contributed by atoms with Gasteiger partial charge in [-0.1, -0.05) is 65.7 Å². The Morgan fingerprint density at radius 1 is 0.853 bits per heavy atom. The summed E-state index contributed by atoms with van der Waals surface area (Å²) in [4.78, 5) is 39.6. The van der Waals surface area contributed by atoms with Crippen molar-refractivity contribution in [3.05, 3.63) is 105 Å². The van der Waals surface area contributed by atoms with Gasteiger partial charge in [0.2, 0.25) is 0 Å². The van der Waals surface area contributed by atoms with Crippen molar-refractivity contribution in [2.45, 2.75) is 20.4 Å². The quantitative estimate of drug-likeness (QED) is 0.435. The van der Waals surface area contributed by atoms with Crippen LogP contribution >= 0.6 is 23.2 Å². The molecule has 34 heavy (non-hydrogen) atoms. The highest BCUT2D eigenvalue weighted by molar-refractivity contribution is 6.48. The number of carbonyl (C=O) groups is 3. The van der Waals surface area contributed by atoms with Crippen LogP contribution in [0.15, 0.2) is 77.5 Å². The van der Waals surface area contributed by atoms with Gasteiger partial charge in [0, 0.05) is 22.0 Å². The molecule has 3 aromatic rings. The molecule has 0 fully saturated rings. The molecule has 8 heteroatoms. The largest absolute Gasteiger partial charge is 0.349 e. The molecule has 0 bridgehead atoms. The lowest BCUT2D eigenvalue weighted by Gasteiger charge is -2.16. The van der Waals surface area contributed by atoms with E-state index in [2.05, 4.69) is 10.6 Å². The van der Waals surface area contributed by atoms with Gasteiger partial charge >= 0.3 is 0 Å². The number of hydrogen-bond donors (Lipinski definition) is 2. The minimum Gasteiger partial charge on any atom is -0.349 e. The second-order valence-corrected chi connectivity index (χ2v) is 8.75. The lowest BCUT2D eigenvalue weighted by molar-refractivity contribution is -0.138. The Morgan fingerprint density at radius 3 is 2.26 bits per heavy atom. The summed E-state index contributed by atoms with van der Waals surface area (Å²) in [6.07, 6.45) is 0. The fraction of sp³-hybridized carbons (Fsp3) is 0.115. The molecule has 0 atom stereocenters. The minimum atomic E-state index is -0.569. The van der Waals surface area contributed by atoms with Gasteiger partial charge < -0.3 is 10.6 Å². The topological polar surface area (TPSA) is 78.5 Å². The van der Waals surface area contributed by atoms with Gasteiger partial charge in [0.15, 0.2) is 0 Å². The van der Waals surface area contributed by atoms with E-state index in [0.29, 0.717) is 22.0 Å². The molecule has 0 unspecified atom stereocenters. The first kappa shape index (κ1) is 23.5. The van der Waals surface area contributed by atoms with Crippen LogP contribution in [-0.4, -0.2) is 22.6 Å². The van der Waals surface area contributed by atoms with Gasteiger partial charge in [0.05, 0.1) is 6.54 Å². The van der Waals surface area contributed by atoms with Crippen LogP contribution in [0.1, 0.15) is 27.0 Å². The number of aryl methyl sites for hydroxylation is 2. The predicted molar refractivity (Wildman–Crippen MR) is 134 cm³/mol. The van der Waals surface area contributed by atoms with E-state index in [4.69, 9.17) is 23.2 Å². The fourth-order valence-corrected chi connectivity index (χ4v) is 3.92. The molecular weight excluding hydrogens is 473 g/mol. The summed E-state index contributed by atoms with van der Waals surface area (Å²) in [6.45, 7) is 3.80. The Labute approximate surface area is 207 Å². The number of hydrogen-bond acceptors (Lipinski definition) is 4. The van der Waals surface area contributed by atoms with Crippen molar-refractivity contribution in [3.8, 4) is 0 Å². The SMILES string of the molecule is Cc1ccc(Cl)cc1NC(=O)c1ccc(C)c(NC2=C(Cl)C(=O)N(Cc3ccccc3)C2=O)c1. The molecule has 3 aromatic carbocycles. The van der Waals surface area contributed by atoms with Gasteiger partial charge in [-0.3, -0.25) is 19.3 Å². The van der Waals surface area contributed by atoms with Crippen LogP contribution in [0.25, 0.3) is 0 Å². The van der Waals surface area contributed by atoms with Gasteiger partial charge in [-0.05, 0) is 54.8 Å². The maximum Gasteiger partial charge on any atom is 0.279 e. The number of nitrogens with one attached hydrogen (secondary N) is 2. The third-order valence-electron chi connectivity index (χ3n) is 5.50. The molecule has 2 N–H and O–H groups in total. The molecule has 0 aromatic heterocycles. The van der Waals surface area contributed by atoms with Crippen molar-refractivity contribution in [1.29, 1.82) is 0 Å². The number of imide groups is 1. The molecule has 4 rings (SSSR count). The van der Waals surface area contributed by atoms with Crippen LogP contribution in [0.3, 0.4) is 0 Å². The lowest BCUT2D eigenvalue weighted by atomic mass is 10.1. The zero-order valence-electron chi connectivity index (χ0n) is 18.5. The van der Waals surface area contributed by atoms with Gasteiger partial charge in [0.25, 0.3) is 17.7 Å². The number of amides is 3. The summed E-state index contributed by atoms with van der Waals surface area (Å²) >= 11 is 12.3. The summed E-state index contributed by atoms with van der Waals surface area (Å²) in [5.41, 5.74) is 3.89. The molecule has 1 heterocycles. The maximum absolute atomic E-state index is 13.0. The summed E-state index contributed by atoms with van der Waals surface area (Å²) in [5.74, 6) is -1.43. The van der Waals surface area contributed by atoms with Crippen LogP contribution in [-0.2, 0) is 16.1 Å². The van der Waals surface area contributed by atoms with Crippen molar-refractivity contribution < 1.29 is 14.4 Å². The zero-order valence-corrected chi connectivity index (χ0v) is 20.0. The van der Waals surface area contributed by atoms with E-state index in [1.807, 2.05) is 50.2 Å². The smallest absolute Gasteiger partial charge is 0.279 e. The second-order valence-electron chi connectivity index (χ2n) is 7.94. The van der Waals surface area contributed by atoms with Crippen molar-refractivity contribution in [2.75, 3.05) is 10.6 Å². The summed E-state index contributed by atoms with van der Waals surface area (Å²) in [7, 11) is 0. The molecular formula is C26H21Cl2N3O3. The minimum absolute atomic E-state index is 0.0195. The highest BCUT2D eigenvalue weighted by Crippen LogP contribution is 2.29. The van der Waals surface area contributed by atoms with Crippen molar-refractivity contribution >= 4 is 52.3 Å². The first-order chi connectivity index (χ1) is 16.2. The number of rotatable bonds is 6. The third-order valence-corrected chi connectivity index (χ3v) is 6.09. The van der Waals surface area contributed by atoms with Crippen LogP contribution < -0.4 is 10.6 Å². The average molecular weight is 494 g/mol. The summed E-state index contributed by atoms with van der Waals surface area (Å²) in [6, 6.07) is 19.5. The highest BCUT2D eigenvalue weighted by atomic mass is 35.5. The Morgan fingerprint density at radius 2 is 1.53 bits per heavy atom. The van der Waals surface area contributed by atoms with Crippen LogP contribution in [0.2, 0.25) is 5.02 Å². The molecule has 0 saturated carbocycles. The van der Waals surface area contributed by atoms with E-state index in [-0.39, 0.29) is 23.2 Å². The standard InChI is InChI=1S/C26H21Cl2N3O3/c1-15-8-10-18(24(32)30-21-13-19(27)11-9-16(21)2)12-20(15)29-23-22(28)25(33)31(26(23)34)14-17-6-4-3-5-7-17/h3-13,29H,14H2,1-2H3,(H,30,32). The third kappa shape index (κ3) is 4.83. The zero-order chi connectivity index (χ0) is 24.4. The maximum atomic E-state index is 13.0. The Hall–Kier alpha value is -3.61. The number of carbonyl (C=O) groups excluding carboxylic acids is 3. The number of halogens is 2. The fourth-order valence-electron chi connectivity index (χ4n) is 3.52. The summed E-state index contributed by atoms with van der Waals surface area (Å²) in [5, 5.41) is 6.14. The Bertz CT molecular complexity index is 1340. The first-order valence-electron chi connectivity index (χ1n) is 10.5. The van der Waals surface area contributed by atoms with Crippen molar-refractivity contribution in [2.24, 2.45) is 0 Å². The molecule has 0 spiro atoms. The molecule has 1 aliphatic rings. The Balaban J connectivity index is 1.55. The van der Waals surface area contributed by atoms with Crippen LogP contribution in [0.5, 0.6) is 0 Å². The van der Waals surface area contributed by atoms with Crippen molar-refractivity contribution in [3.63, 3.8) is 0 Å². The molecule has 1 aliphatic heterocycles. The normalized spacial score (nSPS) is 13.5. The molecule has 172 valence electrons. The number of benzene rings is 3. The highest BCUT2D eigenvalue weighted by Gasteiger charge is 2.38. The van der Waals surface area contributed by atoms with E-state index in [9.17, 15) is 14.4 Å². The Kier molecular flexibility index (Phi) is 6.72. The van der Waals surface area contributed by atoms with Crippen LogP contribution in [0.4, 0.5) is 11.4 Å². The average Bonchev–Trinajstić information content (AvgIpc) is 3.01. The van der Waals surface area contributed by atoms with Gasteiger partial charge in [-0.2, -0.15) is 0 Å². The summed E-state index contributed by atoms with van der Waals surface area (Å²) < 4.78 is 0. The molecule has 6 nitrogen and oxygen atoms in total.